The number of hydrogen-bond acceptors (Lipinski definition) is 7. The summed E-state index contributed by atoms with van der Waals surface area (Å²) in [7, 11) is -6.38. The van der Waals surface area contributed by atoms with Crippen LogP contribution < -0.4 is 0 Å². The Morgan fingerprint density at radius 2 is 1.04 bits per heavy atom. The minimum Gasteiger partial charge on any atom is -0.293 e. The van der Waals surface area contributed by atoms with E-state index in [4.69, 9.17) is 0 Å². The first kappa shape index (κ1) is 54.7. The molecule has 0 aromatic rings. The van der Waals surface area contributed by atoms with Crippen LogP contribution in [-0.4, -0.2) is 95.6 Å². The van der Waals surface area contributed by atoms with Crippen LogP contribution >= 0.6 is 0 Å². The van der Waals surface area contributed by atoms with Crippen molar-refractivity contribution in [1.29, 1.82) is 0 Å². The van der Waals surface area contributed by atoms with E-state index in [0.717, 1.165) is 0 Å². The third-order valence-corrected chi connectivity index (χ3v) is 5.65. The van der Waals surface area contributed by atoms with Crippen LogP contribution in [-0.2, 0) is 33.2 Å². The first-order valence-corrected chi connectivity index (χ1v) is 10.9. The minimum absolute atomic E-state index is 0. The smallest absolute Gasteiger partial charge is 0.293 e. The van der Waals surface area contributed by atoms with Crippen molar-refractivity contribution in [2.75, 3.05) is 27.8 Å². The highest BCUT2D eigenvalue weighted by atomic mass is 32.2. The van der Waals surface area contributed by atoms with Gasteiger partial charge in [0.15, 0.2) is 13.5 Å². The summed E-state index contributed by atoms with van der Waals surface area (Å²) in [6.07, 6.45) is -33.5. The lowest BCUT2D eigenvalue weighted by Crippen LogP contribution is -2.64. The highest BCUT2D eigenvalue weighted by Crippen LogP contribution is 2.59. The quantitative estimate of drug-likeness (QED) is 0.171. The van der Waals surface area contributed by atoms with Crippen LogP contribution in [0.15, 0.2) is 0 Å². The van der Waals surface area contributed by atoms with Crippen molar-refractivity contribution < 1.29 is 124 Å². The highest BCUT2D eigenvalue weighted by molar-refractivity contribution is 7.87. The van der Waals surface area contributed by atoms with Crippen molar-refractivity contribution in [3.8, 4) is 0 Å². The SMILES string of the molecule is C.C.C.CC1(F)OC(C(F)(F)F)(C(F)(F)F)OC1(F)CF.CF.COS(=O)(=O)C(F)(F)C(F)(F)OC(F)(C(F)(F)F)C(F)(F)OCF. The zero-order valence-electron chi connectivity index (χ0n) is 20.6. The molecule has 0 bridgehead atoms. The highest BCUT2D eigenvalue weighted by Gasteiger charge is 2.86. The van der Waals surface area contributed by atoms with Crippen molar-refractivity contribution in [3.05, 3.63) is 0 Å². The molecule has 1 fully saturated rings. The van der Waals surface area contributed by atoms with Crippen LogP contribution in [0, 0.1) is 0 Å². The zero-order valence-corrected chi connectivity index (χ0v) is 21.4. The maximum Gasteiger partial charge on any atom is 0.460 e. The van der Waals surface area contributed by atoms with E-state index in [0.29, 0.717) is 7.18 Å². The van der Waals surface area contributed by atoms with Gasteiger partial charge in [0.25, 0.3) is 11.7 Å². The van der Waals surface area contributed by atoms with Gasteiger partial charge in [-0.1, -0.05) is 22.3 Å². The van der Waals surface area contributed by atoms with E-state index < -0.39 is 83.0 Å². The summed E-state index contributed by atoms with van der Waals surface area (Å²) in [6.45, 7) is -5.60. The van der Waals surface area contributed by atoms with Gasteiger partial charge >= 0.3 is 57.8 Å². The van der Waals surface area contributed by atoms with E-state index in [-0.39, 0.29) is 36.3 Å². The monoisotopic (exact) mass is 784 g/mol. The van der Waals surface area contributed by atoms with E-state index in [9.17, 15) is 101 Å². The molecular formula is C18H25F21O7S. The molecule has 292 valence electrons. The van der Waals surface area contributed by atoms with Gasteiger partial charge in [0.05, 0.1) is 14.3 Å². The normalized spacial score (nSPS) is 23.3. The van der Waals surface area contributed by atoms with Gasteiger partial charge in [-0.2, -0.15) is 78.7 Å². The Bertz CT molecular complexity index is 1030. The average Bonchev–Trinajstić information content (AvgIpc) is 3.06. The molecule has 1 aliphatic rings. The molecule has 0 N–H and O–H groups in total. The average molecular weight is 784 g/mol. The number of halogens is 21. The summed E-state index contributed by atoms with van der Waals surface area (Å²) in [4.78, 5) is 0. The van der Waals surface area contributed by atoms with Crippen molar-refractivity contribution in [1.82, 2.24) is 0 Å². The van der Waals surface area contributed by atoms with Gasteiger partial charge in [0.1, 0.15) is 0 Å². The van der Waals surface area contributed by atoms with Crippen molar-refractivity contribution in [2.45, 2.75) is 88.6 Å². The second-order valence-corrected chi connectivity index (χ2v) is 8.97. The van der Waals surface area contributed by atoms with Crippen LogP contribution in [0.4, 0.5) is 92.2 Å². The lowest BCUT2D eigenvalue weighted by molar-refractivity contribution is -0.515. The maximum atomic E-state index is 13.3. The van der Waals surface area contributed by atoms with Gasteiger partial charge in [-0.25, -0.2) is 17.6 Å². The molecule has 0 aliphatic carbocycles. The van der Waals surface area contributed by atoms with Crippen LogP contribution in [0.2, 0.25) is 0 Å². The number of alkyl halides is 21. The molecule has 29 heteroatoms. The van der Waals surface area contributed by atoms with E-state index in [1.165, 1.54) is 0 Å². The van der Waals surface area contributed by atoms with Crippen molar-refractivity contribution in [2.24, 2.45) is 0 Å². The van der Waals surface area contributed by atoms with Crippen LogP contribution in [0.5, 0.6) is 0 Å². The topological polar surface area (TPSA) is 80.3 Å². The first-order chi connectivity index (χ1) is 19.1. The Labute approximate surface area is 251 Å². The lowest BCUT2D eigenvalue weighted by Gasteiger charge is -2.36. The predicted molar refractivity (Wildman–Crippen MR) is 112 cm³/mol. The van der Waals surface area contributed by atoms with Gasteiger partial charge < -0.3 is 0 Å². The van der Waals surface area contributed by atoms with Gasteiger partial charge in [-0.15, -0.1) is 0 Å². The van der Waals surface area contributed by atoms with E-state index in [2.05, 4.69) is 18.4 Å². The molecule has 0 radical (unpaired) electrons. The van der Waals surface area contributed by atoms with Crippen LogP contribution in [0.3, 0.4) is 0 Å². The van der Waals surface area contributed by atoms with Crippen LogP contribution in [0.1, 0.15) is 29.2 Å². The fraction of sp³-hybridized carbons (Fsp3) is 1.00. The Morgan fingerprint density at radius 3 is 1.26 bits per heavy atom. The number of ether oxygens (including phenoxy) is 4. The minimum atomic E-state index is -7.19. The largest absolute Gasteiger partial charge is 0.460 e. The molecule has 0 aromatic carbocycles. The molecule has 0 spiro atoms. The Kier molecular flexibility index (Phi) is 19.0. The summed E-state index contributed by atoms with van der Waals surface area (Å²) in [5.41, 5.74) is 0. The molecule has 0 aromatic heterocycles. The molecule has 1 saturated heterocycles. The molecule has 7 nitrogen and oxygen atoms in total. The molecule has 0 amide bonds. The summed E-state index contributed by atoms with van der Waals surface area (Å²) in [5, 5.41) is -6.75. The second kappa shape index (κ2) is 16.3. The second-order valence-electron chi connectivity index (χ2n) is 7.21. The summed E-state index contributed by atoms with van der Waals surface area (Å²) < 4.78 is 296. The maximum absolute atomic E-state index is 13.3. The molecule has 3 unspecified atom stereocenters. The summed E-state index contributed by atoms with van der Waals surface area (Å²) in [5.74, 6) is -21.4. The molecule has 0 saturated carbocycles. The molecule has 1 rings (SSSR count). The Morgan fingerprint density at radius 1 is 0.681 bits per heavy atom. The van der Waals surface area contributed by atoms with Gasteiger partial charge in [0.2, 0.25) is 0 Å². The van der Waals surface area contributed by atoms with Crippen LogP contribution in [0.25, 0.3) is 0 Å². The zero-order chi connectivity index (χ0) is 36.4. The van der Waals surface area contributed by atoms with E-state index >= 15 is 0 Å². The predicted octanol–water partition coefficient (Wildman–Crippen LogP) is 8.60. The fourth-order valence-electron chi connectivity index (χ4n) is 2.15. The lowest BCUT2D eigenvalue weighted by atomic mass is 10.2. The number of rotatable bonds is 9. The van der Waals surface area contributed by atoms with Crippen molar-refractivity contribution in [3.63, 3.8) is 0 Å². The summed E-state index contributed by atoms with van der Waals surface area (Å²) in [6, 6.07) is 0. The fourth-order valence-corrected chi connectivity index (χ4v) is 2.70. The first-order valence-electron chi connectivity index (χ1n) is 9.50. The number of hydrogen-bond donors (Lipinski definition) is 0. The molecule has 3 atom stereocenters. The van der Waals surface area contributed by atoms with Gasteiger partial charge in [-0.05, 0) is 0 Å². The van der Waals surface area contributed by atoms with E-state index in [1.807, 2.05) is 0 Å². The van der Waals surface area contributed by atoms with E-state index in [1.54, 1.807) is 4.74 Å². The van der Waals surface area contributed by atoms with Crippen molar-refractivity contribution >= 4 is 10.1 Å². The Balaban J connectivity index is -0.000000230. The van der Waals surface area contributed by atoms with Gasteiger partial charge in [-0.3, -0.25) is 27.5 Å². The van der Waals surface area contributed by atoms with Gasteiger partial charge in [0, 0.05) is 6.92 Å². The molecule has 1 aliphatic heterocycles. The standard InChI is InChI=1S/C7H5F11O5S.C7H5F9O2.CH3F.3CH4/c1-21-24(19,20)7(17,18)6(15,16)23-3(9,4(10,11)12)5(13,14)22-2-8;1-3(9)4(10,2-8)18-5(17-3,6(11,12)13)7(14,15)16;1-2;;;/h2H2,1H3;2H2,1H3;1H3;3*1H4. The molecule has 47 heavy (non-hydrogen) atoms. The third kappa shape index (κ3) is 9.93. The Hall–Kier alpha value is -1.72. The molecular weight excluding hydrogens is 759 g/mol. The summed E-state index contributed by atoms with van der Waals surface area (Å²) >= 11 is 0. The molecule has 1 heterocycles. The third-order valence-electron chi connectivity index (χ3n) is 4.34.